The molecule has 0 saturated heterocycles. The second-order valence-electron chi connectivity index (χ2n) is 4.36. The molecular formula is C14H12N2O4. The fourth-order valence-electron chi connectivity index (χ4n) is 1.93. The van der Waals surface area contributed by atoms with Gasteiger partial charge in [0.1, 0.15) is 23.9 Å². The van der Waals surface area contributed by atoms with Crippen LogP contribution in [0.5, 0.6) is 5.75 Å². The van der Waals surface area contributed by atoms with Crippen molar-refractivity contribution in [3.05, 3.63) is 47.7 Å². The predicted molar refractivity (Wildman–Crippen MR) is 70.8 cm³/mol. The number of nitrogens with zero attached hydrogens (tertiary/aromatic N) is 1. The van der Waals surface area contributed by atoms with Crippen LogP contribution in [0.1, 0.15) is 22.1 Å². The smallest absolute Gasteiger partial charge is 0.371 e. The lowest BCUT2D eigenvalue weighted by Crippen LogP contribution is -1.95. The quantitative estimate of drug-likeness (QED) is 0.762. The maximum Gasteiger partial charge on any atom is 0.371 e. The molecule has 20 heavy (non-hydrogen) atoms. The van der Waals surface area contributed by atoms with Gasteiger partial charge in [0.25, 0.3) is 0 Å². The van der Waals surface area contributed by atoms with E-state index in [1.807, 2.05) is 25.1 Å². The van der Waals surface area contributed by atoms with Crippen LogP contribution in [0.25, 0.3) is 11.0 Å². The Hall–Kier alpha value is -2.76. The van der Waals surface area contributed by atoms with Crippen LogP contribution < -0.4 is 4.74 Å². The van der Waals surface area contributed by atoms with Crippen molar-refractivity contribution in [2.24, 2.45) is 0 Å². The maximum atomic E-state index is 10.7. The molecule has 3 aromatic rings. The molecular weight excluding hydrogens is 260 g/mol. The summed E-state index contributed by atoms with van der Waals surface area (Å²) >= 11 is 0. The maximum absolute atomic E-state index is 10.7. The van der Waals surface area contributed by atoms with Crippen LogP contribution in [0.3, 0.4) is 0 Å². The number of ether oxygens (including phenoxy) is 1. The molecule has 0 radical (unpaired) electrons. The van der Waals surface area contributed by atoms with E-state index in [1.165, 1.54) is 6.07 Å². The summed E-state index contributed by atoms with van der Waals surface area (Å²) in [5, 5.41) is 8.76. The topological polar surface area (TPSA) is 88.3 Å². The third-order valence-corrected chi connectivity index (χ3v) is 2.83. The van der Waals surface area contributed by atoms with Crippen LogP contribution in [0, 0.1) is 6.92 Å². The van der Waals surface area contributed by atoms with Crippen molar-refractivity contribution >= 4 is 17.0 Å². The molecule has 0 aliphatic heterocycles. The fourth-order valence-corrected chi connectivity index (χ4v) is 1.93. The Bertz CT molecular complexity index is 772. The summed E-state index contributed by atoms with van der Waals surface area (Å²) in [6.45, 7) is 2.06. The zero-order valence-electron chi connectivity index (χ0n) is 10.7. The molecule has 2 aromatic heterocycles. The number of aromatic nitrogens is 2. The Morgan fingerprint density at radius 2 is 2.25 bits per heavy atom. The van der Waals surface area contributed by atoms with Crippen LogP contribution in [0.4, 0.5) is 0 Å². The Labute approximate surface area is 114 Å². The average Bonchev–Trinajstić information content (AvgIpc) is 3.00. The van der Waals surface area contributed by atoms with Crippen LogP contribution >= 0.6 is 0 Å². The standard InChI is InChI=1S/C14H12N2O4/c1-8-15-11-4-2-9(6-12(11)16-8)19-7-10-3-5-13(20-10)14(17)18/h2-6H,7H2,1H3,(H,15,16)(H,17,18). The van der Waals surface area contributed by atoms with E-state index in [0.717, 1.165) is 16.9 Å². The van der Waals surface area contributed by atoms with E-state index in [1.54, 1.807) is 6.07 Å². The number of rotatable bonds is 4. The summed E-state index contributed by atoms with van der Waals surface area (Å²) < 4.78 is 10.7. The number of aromatic carboxylic acids is 1. The van der Waals surface area contributed by atoms with Gasteiger partial charge < -0.3 is 19.2 Å². The van der Waals surface area contributed by atoms with Crippen molar-refractivity contribution in [3.8, 4) is 5.75 Å². The van der Waals surface area contributed by atoms with Crippen molar-refractivity contribution in [2.75, 3.05) is 0 Å². The van der Waals surface area contributed by atoms with Crippen molar-refractivity contribution in [1.82, 2.24) is 9.97 Å². The number of nitrogens with one attached hydrogen (secondary N) is 1. The molecule has 0 bridgehead atoms. The predicted octanol–water partition coefficient (Wildman–Crippen LogP) is 2.74. The number of carboxylic acid groups (broad SMARTS) is 1. The summed E-state index contributed by atoms with van der Waals surface area (Å²) in [6.07, 6.45) is 0. The minimum atomic E-state index is -1.09. The summed E-state index contributed by atoms with van der Waals surface area (Å²) in [7, 11) is 0. The van der Waals surface area contributed by atoms with Crippen LogP contribution in [-0.2, 0) is 6.61 Å². The van der Waals surface area contributed by atoms with Crippen molar-refractivity contribution in [3.63, 3.8) is 0 Å². The van der Waals surface area contributed by atoms with E-state index in [4.69, 9.17) is 14.3 Å². The normalized spacial score (nSPS) is 10.8. The summed E-state index contributed by atoms with van der Waals surface area (Å²) in [5.74, 6) is 0.779. The molecule has 0 aliphatic carbocycles. The Morgan fingerprint density at radius 1 is 1.40 bits per heavy atom. The fraction of sp³-hybridized carbons (Fsp3) is 0.143. The minimum absolute atomic E-state index is 0.0942. The first-order valence-corrected chi connectivity index (χ1v) is 6.03. The Morgan fingerprint density at radius 3 is 3.00 bits per heavy atom. The lowest BCUT2D eigenvalue weighted by molar-refractivity contribution is 0.0658. The zero-order chi connectivity index (χ0) is 14.1. The molecule has 2 N–H and O–H groups in total. The molecule has 0 amide bonds. The highest BCUT2D eigenvalue weighted by Crippen LogP contribution is 2.20. The molecule has 1 aromatic carbocycles. The van der Waals surface area contributed by atoms with Crippen molar-refractivity contribution in [2.45, 2.75) is 13.5 Å². The van der Waals surface area contributed by atoms with Crippen molar-refractivity contribution in [1.29, 1.82) is 0 Å². The number of benzene rings is 1. The monoisotopic (exact) mass is 272 g/mol. The number of carbonyl (C=O) groups is 1. The SMILES string of the molecule is Cc1nc2ccc(OCc3ccc(C(=O)O)o3)cc2[nH]1. The van der Waals surface area contributed by atoms with E-state index in [0.29, 0.717) is 11.5 Å². The first-order chi connectivity index (χ1) is 9.61. The largest absolute Gasteiger partial charge is 0.486 e. The Kier molecular flexibility index (Phi) is 2.90. The summed E-state index contributed by atoms with van der Waals surface area (Å²) in [5.41, 5.74) is 1.77. The lowest BCUT2D eigenvalue weighted by Gasteiger charge is -2.03. The number of imidazole rings is 1. The highest BCUT2D eigenvalue weighted by atomic mass is 16.5. The molecule has 6 heteroatoms. The van der Waals surface area contributed by atoms with Gasteiger partial charge in [-0.1, -0.05) is 0 Å². The molecule has 102 valence electrons. The first kappa shape index (κ1) is 12.3. The molecule has 2 heterocycles. The first-order valence-electron chi connectivity index (χ1n) is 6.03. The molecule has 0 spiro atoms. The van der Waals surface area contributed by atoms with Crippen LogP contribution in [-0.4, -0.2) is 21.0 Å². The molecule has 3 rings (SSSR count). The second-order valence-corrected chi connectivity index (χ2v) is 4.36. The van der Waals surface area contributed by atoms with Crippen molar-refractivity contribution < 1.29 is 19.1 Å². The van der Waals surface area contributed by atoms with E-state index in [-0.39, 0.29) is 12.4 Å². The van der Waals surface area contributed by atoms with Gasteiger partial charge >= 0.3 is 5.97 Å². The average molecular weight is 272 g/mol. The number of H-pyrrole nitrogens is 1. The third kappa shape index (κ3) is 2.35. The summed E-state index contributed by atoms with van der Waals surface area (Å²) in [6, 6.07) is 8.50. The van der Waals surface area contributed by atoms with E-state index >= 15 is 0 Å². The zero-order valence-corrected chi connectivity index (χ0v) is 10.7. The third-order valence-electron chi connectivity index (χ3n) is 2.83. The Balaban J connectivity index is 1.73. The second kappa shape index (κ2) is 4.73. The van der Waals surface area contributed by atoms with Gasteiger partial charge in [-0.2, -0.15) is 0 Å². The van der Waals surface area contributed by atoms with Gasteiger partial charge in [0.05, 0.1) is 11.0 Å². The highest BCUT2D eigenvalue weighted by Gasteiger charge is 2.09. The number of aromatic amines is 1. The van der Waals surface area contributed by atoms with Gasteiger partial charge in [0, 0.05) is 6.07 Å². The van der Waals surface area contributed by atoms with Gasteiger partial charge in [-0.05, 0) is 31.2 Å². The number of carboxylic acids is 1. The summed E-state index contributed by atoms with van der Waals surface area (Å²) in [4.78, 5) is 18.1. The molecule has 6 nitrogen and oxygen atoms in total. The lowest BCUT2D eigenvalue weighted by atomic mass is 10.3. The number of hydrogen-bond donors (Lipinski definition) is 2. The molecule has 0 saturated carbocycles. The molecule has 0 fully saturated rings. The van der Waals surface area contributed by atoms with Crippen LogP contribution in [0.2, 0.25) is 0 Å². The van der Waals surface area contributed by atoms with Gasteiger partial charge in [-0.25, -0.2) is 9.78 Å². The van der Waals surface area contributed by atoms with Gasteiger partial charge in [-0.15, -0.1) is 0 Å². The van der Waals surface area contributed by atoms with E-state index in [2.05, 4.69) is 9.97 Å². The molecule has 0 atom stereocenters. The molecule has 0 unspecified atom stereocenters. The van der Waals surface area contributed by atoms with Gasteiger partial charge in [0.2, 0.25) is 5.76 Å². The number of hydrogen-bond acceptors (Lipinski definition) is 4. The van der Waals surface area contributed by atoms with E-state index in [9.17, 15) is 4.79 Å². The molecule has 0 aliphatic rings. The van der Waals surface area contributed by atoms with Crippen LogP contribution in [0.15, 0.2) is 34.7 Å². The minimum Gasteiger partial charge on any atom is -0.486 e. The highest BCUT2D eigenvalue weighted by molar-refractivity contribution is 5.84. The van der Waals surface area contributed by atoms with Gasteiger partial charge in [0.15, 0.2) is 0 Å². The van der Waals surface area contributed by atoms with Gasteiger partial charge in [-0.3, -0.25) is 0 Å². The number of aryl methyl sites for hydroxylation is 1. The van der Waals surface area contributed by atoms with E-state index < -0.39 is 5.97 Å². The number of fused-ring (bicyclic) bond motifs is 1. The number of furan rings is 1.